The molecule has 1 aliphatic rings. The van der Waals surface area contributed by atoms with E-state index in [0.717, 1.165) is 11.4 Å². The van der Waals surface area contributed by atoms with Gasteiger partial charge >= 0.3 is 0 Å². The molecule has 1 aromatic rings. The molecule has 0 aliphatic carbocycles. The molecule has 5 nitrogen and oxygen atoms in total. The Morgan fingerprint density at radius 1 is 1.37 bits per heavy atom. The number of amides is 2. The Hall–Kier alpha value is -2.04. The van der Waals surface area contributed by atoms with Crippen LogP contribution in [0.4, 0.5) is 5.69 Å². The fourth-order valence-corrected chi connectivity index (χ4v) is 2.11. The number of nitrogens with zero attached hydrogens (tertiary/aromatic N) is 1. The summed E-state index contributed by atoms with van der Waals surface area (Å²) in [7, 11) is 1.57. The van der Waals surface area contributed by atoms with Crippen LogP contribution in [0.5, 0.6) is 5.75 Å². The molecular formula is C14H18N2O3. The maximum atomic E-state index is 12.2. The second-order valence-corrected chi connectivity index (χ2v) is 4.57. The molecule has 102 valence electrons. The largest absolute Gasteiger partial charge is 0.487 e. The van der Waals surface area contributed by atoms with Crippen LogP contribution < -0.4 is 15.0 Å². The topological polar surface area (TPSA) is 58.6 Å². The first-order valence-electron chi connectivity index (χ1n) is 6.38. The van der Waals surface area contributed by atoms with Crippen LogP contribution in [0.1, 0.15) is 19.8 Å². The molecule has 0 saturated carbocycles. The van der Waals surface area contributed by atoms with Crippen molar-refractivity contribution in [2.75, 3.05) is 18.5 Å². The number of hydrogen-bond acceptors (Lipinski definition) is 3. The molecule has 1 atom stereocenters. The summed E-state index contributed by atoms with van der Waals surface area (Å²) >= 11 is 0. The van der Waals surface area contributed by atoms with Crippen LogP contribution in [0.25, 0.3) is 0 Å². The fourth-order valence-electron chi connectivity index (χ4n) is 2.11. The second-order valence-electron chi connectivity index (χ2n) is 4.57. The minimum Gasteiger partial charge on any atom is -0.487 e. The number of benzene rings is 1. The van der Waals surface area contributed by atoms with Crippen LogP contribution in [0, 0.1) is 0 Å². The van der Waals surface area contributed by atoms with E-state index in [-0.39, 0.29) is 30.8 Å². The van der Waals surface area contributed by atoms with Gasteiger partial charge in [0.2, 0.25) is 11.8 Å². The highest BCUT2D eigenvalue weighted by molar-refractivity contribution is 5.97. The van der Waals surface area contributed by atoms with Gasteiger partial charge in [-0.15, -0.1) is 0 Å². The maximum absolute atomic E-state index is 12.2. The van der Waals surface area contributed by atoms with Crippen molar-refractivity contribution < 1.29 is 14.3 Å². The molecule has 1 unspecified atom stereocenters. The highest BCUT2D eigenvalue weighted by atomic mass is 16.5. The number of hydrogen-bond donors (Lipinski definition) is 1. The number of carbonyl (C=O) groups is 2. The van der Waals surface area contributed by atoms with E-state index in [9.17, 15) is 9.59 Å². The van der Waals surface area contributed by atoms with Crippen LogP contribution in [-0.4, -0.2) is 31.5 Å². The van der Waals surface area contributed by atoms with Crippen LogP contribution in [0.2, 0.25) is 0 Å². The van der Waals surface area contributed by atoms with Gasteiger partial charge in [-0.25, -0.2) is 0 Å². The summed E-state index contributed by atoms with van der Waals surface area (Å²) in [6.45, 7) is 2.44. The van der Waals surface area contributed by atoms with Gasteiger partial charge in [-0.05, 0) is 19.1 Å². The zero-order valence-electron chi connectivity index (χ0n) is 11.2. The van der Waals surface area contributed by atoms with Gasteiger partial charge in [-0.2, -0.15) is 0 Å². The first kappa shape index (κ1) is 13.4. The molecule has 0 fully saturated rings. The molecule has 5 heteroatoms. The van der Waals surface area contributed by atoms with Crippen molar-refractivity contribution in [2.24, 2.45) is 0 Å². The predicted octanol–water partition coefficient (Wildman–Crippen LogP) is 1.33. The lowest BCUT2D eigenvalue weighted by Gasteiger charge is -2.33. The van der Waals surface area contributed by atoms with E-state index < -0.39 is 0 Å². The van der Waals surface area contributed by atoms with Crippen LogP contribution >= 0.6 is 0 Å². The fraction of sp³-hybridized carbons (Fsp3) is 0.429. The molecule has 2 rings (SSSR count). The van der Waals surface area contributed by atoms with Crippen LogP contribution in [-0.2, 0) is 9.59 Å². The molecular weight excluding hydrogens is 244 g/mol. The van der Waals surface area contributed by atoms with E-state index >= 15 is 0 Å². The lowest BCUT2D eigenvalue weighted by molar-refractivity contribution is -0.125. The van der Waals surface area contributed by atoms with E-state index in [1.54, 1.807) is 11.9 Å². The van der Waals surface area contributed by atoms with E-state index in [0.29, 0.717) is 6.54 Å². The van der Waals surface area contributed by atoms with Gasteiger partial charge in [0.15, 0.2) is 0 Å². The SMILES string of the molecule is CNC(=O)CCC(=O)N1CC(C)Oc2ccccc21. The van der Waals surface area contributed by atoms with Gasteiger partial charge in [-0.3, -0.25) is 9.59 Å². The molecule has 0 spiro atoms. The third kappa shape index (κ3) is 3.05. The minimum atomic E-state index is -0.122. The molecule has 0 saturated heterocycles. The van der Waals surface area contributed by atoms with Gasteiger partial charge in [0.05, 0.1) is 12.2 Å². The van der Waals surface area contributed by atoms with Crippen molar-refractivity contribution in [3.8, 4) is 5.75 Å². The quantitative estimate of drug-likeness (QED) is 0.894. The van der Waals surface area contributed by atoms with E-state index in [2.05, 4.69) is 5.32 Å². The summed E-state index contributed by atoms with van der Waals surface area (Å²) in [6.07, 6.45) is 0.378. The van der Waals surface area contributed by atoms with Crippen molar-refractivity contribution in [1.82, 2.24) is 5.32 Å². The number of anilines is 1. The highest BCUT2D eigenvalue weighted by Gasteiger charge is 2.27. The summed E-state index contributed by atoms with van der Waals surface area (Å²) in [5.74, 6) is 0.545. The molecule has 2 amide bonds. The summed E-state index contributed by atoms with van der Waals surface area (Å²) in [6, 6.07) is 7.46. The smallest absolute Gasteiger partial charge is 0.227 e. The van der Waals surface area contributed by atoms with Gasteiger partial charge < -0.3 is 15.0 Å². The van der Waals surface area contributed by atoms with Crippen LogP contribution in [0.15, 0.2) is 24.3 Å². The Balaban J connectivity index is 2.11. The van der Waals surface area contributed by atoms with Crippen molar-refractivity contribution in [3.05, 3.63) is 24.3 Å². The molecule has 1 aromatic carbocycles. The van der Waals surface area contributed by atoms with Crippen molar-refractivity contribution in [1.29, 1.82) is 0 Å². The van der Waals surface area contributed by atoms with Crippen molar-refractivity contribution in [3.63, 3.8) is 0 Å². The second kappa shape index (κ2) is 5.73. The third-order valence-corrected chi connectivity index (χ3v) is 3.07. The molecule has 0 aromatic heterocycles. The van der Waals surface area contributed by atoms with E-state index in [1.165, 1.54) is 0 Å². The zero-order chi connectivity index (χ0) is 13.8. The lowest BCUT2D eigenvalue weighted by Crippen LogP contribution is -2.42. The molecule has 19 heavy (non-hydrogen) atoms. The molecule has 0 radical (unpaired) electrons. The number of ether oxygens (including phenoxy) is 1. The van der Waals surface area contributed by atoms with Crippen molar-refractivity contribution >= 4 is 17.5 Å². The minimum absolute atomic E-state index is 0.0427. The molecule has 1 aliphatic heterocycles. The van der Waals surface area contributed by atoms with E-state index in [1.807, 2.05) is 31.2 Å². The highest BCUT2D eigenvalue weighted by Crippen LogP contribution is 2.33. The molecule has 1 heterocycles. The van der Waals surface area contributed by atoms with Gasteiger partial charge in [0.1, 0.15) is 11.9 Å². The normalized spacial score (nSPS) is 17.4. The number of fused-ring (bicyclic) bond motifs is 1. The number of carbonyl (C=O) groups excluding carboxylic acids is 2. The Labute approximate surface area is 112 Å². The maximum Gasteiger partial charge on any atom is 0.227 e. The number of para-hydroxylation sites is 2. The number of nitrogens with one attached hydrogen (secondary N) is 1. The Kier molecular flexibility index (Phi) is 4.04. The van der Waals surface area contributed by atoms with E-state index in [4.69, 9.17) is 4.74 Å². The summed E-state index contributed by atoms with van der Waals surface area (Å²) < 4.78 is 5.69. The standard InChI is InChI=1S/C14H18N2O3/c1-10-9-16(14(18)8-7-13(17)15-2)11-5-3-4-6-12(11)19-10/h3-6,10H,7-9H2,1-2H3,(H,15,17). The summed E-state index contributed by atoms with van der Waals surface area (Å²) in [5, 5.41) is 2.52. The molecule has 0 bridgehead atoms. The Bertz CT molecular complexity index is 487. The first-order chi connectivity index (χ1) is 9.11. The Morgan fingerprint density at radius 3 is 2.84 bits per heavy atom. The zero-order valence-corrected chi connectivity index (χ0v) is 11.2. The van der Waals surface area contributed by atoms with Gasteiger partial charge in [0.25, 0.3) is 0 Å². The summed E-state index contributed by atoms with van der Waals surface area (Å²) in [5.41, 5.74) is 0.780. The average Bonchev–Trinajstić information content (AvgIpc) is 2.43. The monoisotopic (exact) mass is 262 g/mol. The molecule has 1 N–H and O–H groups in total. The predicted molar refractivity (Wildman–Crippen MR) is 72.2 cm³/mol. The first-order valence-corrected chi connectivity index (χ1v) is 6.38. The van der Waals surface area contributed by atoms with Crippen molar-refractivity contribution in [2.45, 2.75) is 25.9 Å². The lowest BCUT2D eigenvalue weighted by atomic mass is 10.1. The summed E-state index contributed by atoms with van der Waals surface area (Å²) in [4.78, 5) is 25.1. The van der Waals surface area contributed by atoms with Crippen LogP contribution in [0.3, 0.4) is 0 Å². The Morgan fingerprint density at radius 2 is 2.11 bits per heavy atom. The van der Waals surface area contributed by atoms with Gasteiger partial charge in [0, 0.05) is 19.9 Å². The van der Waals surface area contributed by atoms with Gasteiger partial charge in [-0.1, -0.05) is 12.1 Å². The third-order valence-electron chi connectivity index (χ3n) is 3.07. The average molecular weight is 262 g/mol. The number of rotatable bonds is 3.